The van der Waals surface area contributed by atoms with Gasteiger partial charge >= 0.3 is 0 Å². The second-order valence-corrected chi connectivity index (χ2v) is 6.97. The molecule has 1 aliphatic heterocycles. The van der Waals surface area contributed by atoms with E-state index in [1.165, 1.54) is 0 Å². The van der Waals surface area contributed by atoms with E-state index in [0.29, 0.717) is 6.04 Å². The number of piperidine rings is 1. The maximum Gasteiger partial charge on any atom is 0.214 e. The summed E-state index contributed by atoms with van der Waals surface area (Å²) in [5.41, 5.74) is 0. The first-order valence-corrected chi connectivity index (χ1v) is 8.29. The summed E-state index contributed by atoms with van der Waals surface area (Å²) in [6, 6.07) is 0.778. The fourth-order valence-electron chi connectivity index (χ4n) is 2.79. The van der Waals surface area contributed by atoms with Gasteiger partial charge in [-0.15, -0.1) is 0 Å². The Hall–Kier alpha value is -0.130. The first-order valence-electron chi connectivity index (χ1n) is 6.68. The highest BCUT2D eigenvalue weighted by molar-refractivity contribution is 7.89. The van der Waals surface area contributed by atoms with Crippen LogP contribution in [0.25, 0.3) is 0 Å². The Labute approximate surface area is 106 Å². The van der Waals surface area contributed by atoms with Crippen LogP contribution in [0.2, 0.25) is 0 Å². The number of hydrogen-bond acceptors (Lipinski definition) is 3. The Morgan fingerprint density at radius 2 is 1.59 bits per heavy atom. The molecule has 0 aromatic rings. The van der Waals surface area contributed by atoms with Crippen molar-refractivity contribution < 1.29 is 8.42 Å². The van der Waals surface area contributed by atoms with Crippen molar-refractivity contribution >= 4 is 10.0 Å². The van der Waals surface area contributed by atoms with Crippen LogP contribution in [0, 0.1) is 0 Å². The van der Waals surface area contributed by atoms with Crippen LogP contribution in [0.4, 0.5) is 0 Å². The van der Waals surface area contributed by atoms with Crippen LogP contribution < -0.4 is 5.32 Å². The van der Waals surface area contributed by atoms with Gasteiger partial charge in [0, 0.05) is 18.1 Å². The number of nitrogens with one attached hydrogen (secondary N) is 1. The van der Waals surface area contributed by atoms with E-state index in [-0.39, 0.29) is 17.8 Å². The third-order valence-electron chi connectivity index (χ3n) is 3.87. The van der Waals surface area contributed by atoms with Crippen LogP contribution in [0.5, 0.6) is 0 Å². The molecule has 1 saturated heterocycles. The van der Waals surface area contributed by atoms with E-state index >= 15 is 0 Å². The fourth-order valence-corrected chi connectivity index (χ4v) is 4.47. The minimum atomic E-state index is -3.07. The molecule has 3 atom stereocenters. The summed E-state index contributed by atoms with van der Waals surface area (Å²) in [6.07, 6.45) is 3.66. The van der Waals surface area contributed by atoms with Gasteiger partial charge < -0.3 is 5.32 Å². The molecule has 0 aromatic heterocycles. The van der Waals surface area contributed by atoms with E-state index in [0.717, 1.165) is 25.7 Å². The van der Waals surface area contributed by atoms with Gasteiger partial charge in [-0.3, -0.25) is 0 Å². The van der Waals surface area contributed by atoms with Crippen molar-refractivity contribution in [2.75, 3.05) is 12.8 Å². The first kappa shape index (κ1) is 14.9. The Morgan fingerprint density at radius 1 is 1.12 bits per heavy atom. The van der Waals surface area contributed by atoms with Crippen LogP contribution in [-0.4, -0.2) is 43.6 Å². The number of rotatable bonds is 5. The van der Waals surface area contributed by atoms with E-state index in [2.05, 4.69) is 19.2 Å². The molecule has 1 aliphatic rings. The quantitative estimate of drug-likeness (QED) is 0.818. The minimum absolute atomic E-state index is 0.163. The smallest absolute Gasteiger partial charge is 0.214 e. The molecule has 4 nitrogen and oxygen atoms in total. The molecule has 0 aliphatic carbocycles. The molecular weight excluding hydrogens is 236 g/mol. The highest BCUT2D eigenvalue weighted by atomic mass is 32.2. The molecule has 1 N–H and O–H groups in total. The minimum Gasteiger partial charge on any atom is -0.317 e. The molecule has 0 aromatic carbocycles. The van der Waals surface area contributed by atoms with Crippen molar-refractivity contribution in [3.63, 3.8) is 0 Å². The molecule has 17 heavy (non-hydrogen) atoms. The maximum atomic E-state index is 12.2. The zero-order valence-corrected chi connectivity index (χ0v) is 12.3. The highest BCUT2D eigenvalue weighted by Crippen LogP contribution is 2.30. The average molecular weight is 262 g/mol. The fraction of sp³-hybridized carbons (Fsp3) is 1.00. The van der Waals surface area contributed by atoms with Crippen LogP contribution in [-0.2, 0) is 10.0 Å². The molecule has 102 valence electrons. The zero-order valence-electron chi connectivity index (χ0n) is 11.4. The Balaban J connectivity index is 2.98. The summed E-state index contributed by atoms with van der Waals surface area (Å²) in [5.74, 6) is 0.213. The molecule has 1 rings (SSSR count). The summed E-state index contributed by atoms with van der Waals surface area (Å²) in [4.78, 5) is 0. The maximum absolute atomic E-state index is 12.2. The highest BCUT2D eigenvalue weighted by Gasteiger charge is 2.39. The molecule has 1 unspecified atom stereocenters. The van der Waals surface area contributed by atoms with Crippen molar-refractivity contribution in [1.82, 2.24) is 9.62 Å². The van der Waals surface area contributed by atoms with Crippen molar-refractivity contribution in [3.8, 4) is 0 Å². The third kappa shape index (κ3) is 3.20. The second-order valence-electron chi connectivity index (χ2n) is 4.81. The summed E-state index contributed by atoms with van der Waals surface area (Å²) in [5, 5.41) is 3.30. The molecule has 0 amide bonds. The van der Waals surface area contributed by atoms with Crippen molar-refractivity contribution in [2.24, 2.45) is 0 Å². The lowest BCUT2D eigenvalue weighted by atomic mass is 9.91. The summed E-state index contributed by atoms with van der Waals surface area (Å²) in [7, 11) is -1.10. The van der Waals surface area contributed by atoms with Gasteiger partial charge in [-0.1, -0.05) is 13.8 Å². The lowest BCUT2D eigenvalue weighted by molar-refractivity contribution is 0.145. The summed E-state index contributed by atoms with van der Waals surface area (Å²) >= 11 is 0. The van der Waals surface area contributed by atoms with E-state index in [1.807, 2.05) is 7.05 Å². The largest absolute Gasteiger partial charge is 0.317 e. The van der Waals surface area contributed by atoms with E-state index in [9.17, 15) is 8.42 Å². The van der Waals surface area contributed by atoms with E-state index in [4.69, 9.17) is 0 Å². The molecule has 5 heteroatoms. The van der Waals surface area contributed by atoms with Gasteiger partial charge in [0.15, 0.2) is 0 Å². The van der Waals surface area contributed by atoms with Crippen molar-refractivity contribution in [2.45, 2.75) is 64.6 Å². The second kappa shape index (κ2) is 6.16. The Morgan fingerprint density at radius 3 is 1.88 bits per heavy atom. The summed E-state index contributed by atoms with van der Waals surface area (Å²) < 4.78 is 26.2. The monoisotopic (exact) mass is 262 g/mol. The van der Waals surface area contributed by atoms with E-state index in [1.54, 1.807) is 11.2 Å². The topological polar surface area (TPSA) is 49.4 Å². The van der Waals surface area contributed by atoms with Crippen molar-refractivity contribution in [3.05, 3.63) is 0 Å². The zero-order chi connectivity index (χ0) is 13.1. The normalized spacial score (nSPS) is 31.6. The van der Waals surface area contributed by atoms with Gasteiger partial charge in [0.2, 0.25) is 10.0 Å². The van der Waals surface area contributed by atoms with Crippen LogP contribution in [0.15, 0.2) is 0 Å². The molecular formula is C12H26N2O2S. The lowest BCUT2D eigenvalue weighted by Crippen LogP contribution is -2.55. The molecule has 0 saturated carbocycles. The van der Waals surface area contributed by atoms with Crippen LogP contribution in [0.3, 0.4) is 0 Å². The molecule has 1 fully saturated rings. The SMILES string of the molecule is CC[C@@H]1CC(NC)C[C@H](CC)N1S(=O)(=O)CC. The number of sulfonamides is 1. The van der Waals surface area contributed by atoms with Gasteiger partial charge in [0.05, 0.1) is 5.75 Å². The predicted molar refractivity (Wildman–Crippen MR) is 71.5 cm³/mol. The summed E-state index contributed by atoms with van der Waals surface area (Å²) in [6.45, 7) is 5.89. The first-order chi connectivity index (χ1) is 8.00. The average Bonchev–Trinajstić information content (AvgIpc) is 2.36. The van der Waals surface area contributed by atoms with Gasteiger partial charge in [-0.25, -0.2) is 8.42 Å². The molecule has 0 radical (unpaired) electrons. The predicted octanol–water partition coefficient (Wildman–Crippen LogP) is 1.58. The van der Waals surface area contributed by atoms with Crippen molar-refractivity contribution in [1.29, 1.82) is 0 Å². The van der Waals surface area contributed by atoms with Crippen LogP contribution in [0.1, 0.15) is 46.5 Å². The number of hydrogen-bond donors (Lipinski definition) is 1. The van der Waals surface area contributed by atoms with Gasteiger partial charge in [-0.2, -0.15) is 4.31 Å². The van der Waals surface area contributed by atoms with E-state index < -0.39 is 10.0 Å². The Kier molecular flexibility index (Phi) is 5.41. The molecule has 0 bridgehead atoms. The molecule has 0 spiro atoms. The van der Waals surface area contributed by atoms with Gasteiger partial charge in [-0.05, 0) is 39.7 Å². The molecule has 1 heterocycles. The third-order valence-corrected chi connectivity index (χ3v) is 5.84. The Bertz CT molecular complexity index is 315. The number of nitrogens with zero attached hydrogens (tertiary/aromatic N) is 1. The van der Waals surface area contributed by atoms with Gasteiger partial charge in [0.1, 0.15) is 0 Å². The van der Waals surface area contributed by atoms with Crippen LogP contribution >= 0.6 is 0 Å². The van der Waals surface area contributed by atoms with Gasteiger partial charge in [0.25, 0.3) is 0 Å². The standard InChI is InChI=1S/C12H26N2O2S/c1-5-11-8-10(13-4)9-12(6-2)14(11)17(15,16)7-3/h10-13H,5-9H2,1-4H3/t10?,11-,12+. The lowest BCUT2D eigenvalue weighted by Gasteiger charge is -2.43.